The fraction of sp³-hybridized carbons (Fsp3) is 0.556. The van der Waals surface area contributed by atoms with Gasteiger partial charge in [0, 0.05) is 36.2 Å². The van der Waals surface area contributed by atoms with Gasteiger partial charge in [-0.2, -0.15) is 0 Å². The first-order valence-corrected chi connectivity index (χ1v) is 7.67. The number of nitrogens with zero attached hydrogens (tertiary/aromatic N) is 1. The number of nitrogens with one attached hydrogen (secondary N) is 1. The van der Waals surface area contributed by atoms with Gasteiger partial charge in [-0.25, -0.2) is 0 Å². The highest BCUT2D eigenvalue weighted by atomic mass is 15.0. The normalized spacial score (nSPS) is 12.5. The van der Waals surface area contributed by atoms with Crippen LogP contribution in [0.25, 0.3) is 10.9 Å². The van der Waals surface area contributed by atoms with Crippen molar-refractivity contribution in [2.75, 3.05) is 0 Å². The summed E-state index contributed by atoms with van der Waals surface area (Å²) in [6.07, 6.45) is 3.52. The smallest absolute Gasteiger partial charge is 0.0483 e. The van der Waals surface area contributed by atoms with E-state index in [0.717, 1.165) is 13.1 Å². The zero-order chi connectivity index (χ0) is 14.8. The molecule has 0 unspecified atom stereocenters. The van der Waals surface area contributed by atoms with Gasteiger partial charge in [0.2, 0.25) is 0 Å². The number of hydrogen-bond donors (Lipinski definition) is 1. The molecule has 0 atom stereocenters. The van der Waals surface area contributed by atoms with Crippen molar-refractivity contribution in [1.82, 2.24) is 9.88 Å². The van der Waals surface area contributed by atoms with Gasteiger partial charge in [0.25, 0.3) is 0 Å². The first-order chi connectivity index (χ1) is 9.37. The maximum absolute atomic E-state index is 3.53. The Kier molecular flexibility index (Phi) is 4.54. The standard InChI is InChI=1S/C18H28N2/c1-14(2)19-12-15-13-20(11-10-18(3,4)5)17-9-7-6-8-16(15)17/h6-9,13-14,19H,10-12H2,1-5H3. The molecule has 1 N–H and O–H groups in total. The zero-order valence-corrected chi connectivity index (χ0v) is 13.5. The zero-order valence-electron chi connectivity index (χ0n) is 13.5. The van der Waals surface area contributed by atoms with E-state index in [-0.39, 0.29) is 0 Å². The molecule has 0 saturated carbocycles. The van der Waals surface area contributed by atoms with Crippen LogP contribution in [0.3, 0.4) is 0 Å². The van der Waals surface area contributed by atoms with E-state index in [1.165, 1.54) is 22.9 Å². The molecule has 2 aromatic rings. The Hall–Kier alpha value is -1.28. The molecule has 20 heavy (non-hydrogen) atoms. The summed E-state index contributed by atoms with van der Waals surface area (Å²) in [5.74, 6) is 0. The predicted octanol–water partition coefficient (Wildman–Crippen LogP) is 4.58. The quantitative estimate of drug-likeness (QED) is 0.843. The lowest BCUT2D eigenvalue weighted by Gasteiger charge is -2.18. The third-order valence-electron chi connectivity index (χ3n) is 3.67. The van der Waals surface area contributed by atoms with Gasteiger partial charge in [-0.05, 0) is 23.5 Å². The molecule has 0 aliphatic heterocycles. The van der Waals surface area contributed by atoms with E-state index >= 15 is 0 Å². The Labute approximate surface area is 123 Å². The number of aromatic nitrogens is 1. The van der Waals surface area contributed by atoms with Crippen molar-refractivity contribution in [3.8, 4) is 0 Å². The highest BCUT2D eigenvalue weighted by Crippen LogP contribution is 2.25. The summed E-state index contributed by atoms with van der Waals surface area (Å²) >= 11 is 0. The highest BCUT2D eigenvalue weighted by Gasteiger charge is 2.13. The molecular weight excluding hydrogens is 244 g/mol. The van der Waals surface area contributed by atoms with Crippen LogP contribution >= 0.6 is 0 Å². The summed E-state index contributed by atoms with van der Waals surface area (Å²) in [6, 6.07) is 9.26. The van der Waals surface area contributed by atoms with Crippen LogP contribution in [0.4, 0.5) is 0 Å². The Bertz CT molecular complexity index is 558. The van der Waals surface area contributed by atoms with Crippen LogP contribution in [0, 0.1) is 5.41 Å². The average molecular weight is 272 g/mol. The van der Waals surface area contributed by atoms with Crippen LogP contribution in [-0.4, -0.2) is 10.6 Å². The summed E-state index contributed by atoms with van der Waals surface area (Å²) in [6.45, 7) is 13.3. The molecule has 0 aliphatic carbocycles. The summed E-state index contributed by atoms with van der Waals surface area (Å²) in [7, 11) is 0. The lowest BCUT2D eigenvalue weighted by atomic mass is 9.92. The highest BCUT2D eigenvalue weighted by molar-refractivity contribution is 5.83. The first kappa shape index (κ1) is 15.1. The van der Waals surface area contributed by atoms with Crippen LogP contribution in [0.5, 0.6) is 0 Å². The maximum atomic E-state index is 3.53. The molecule has 1 aromatic carbocycles. The van der Waals surface area contributed by atoms with Gasteiger partial charge in [-0.3, -0.25) is 0 Å². The van der Waals surface area contributed by atoms with Crippen molar-refractivity contribution in [1.29, 1.82) is 0 Å². The minimum Gasteiger partial charge on any atom is -0.347 e. The fourth-order valence-corrected chi connectivity index (χ4v) is 2.42. The molecule has 2 heteroatoms. The fourth-order valence-electron chi connectivity index (χ4n) is 2.42. The minimum atomic E-state index is 0.377. The number of rotatable bonds is 5. The van der Waals surface area contributed by atoms with Crippen molar-refractivity contribution in [3.05, 3.63) is 36.0 Å². The van der Waals surface area contributed by atoms with E-state index in [4.69, 9.17) is 0 Å². The molecule has 0 saturated heterocycles. The Morgan fingerprint density at radius 2 is 1.85 bits per heavy atom. The first-order valence-electron chi connectivity index (χ1n) is 7.67. The molecule has 1 aromatic heterocycles. The van der Waals surface area contributed by atoms with Crippen molar-refractivity contribution in [2.45, 2.75) is 60.2 Å². The molecule has 0 aliphatic rings. The second kappa shape index (κ2) is 6.01. The van der Waals surface area contributed by atoms with Gasteiger partial charge in [0.05, 0.1) is 0 Å². The second-order valence-corrected chi connectivity index (χ2v) is 7.21. The molecule has 2 rings (SSSR count). The number of fused-ring (bicyclic) bond motifs is 1. The lowest BCUT2D eigenvalue weighted by Crippen LogP contribution is -2.21. The molecule has 0 amide bonds. The third-order valence-corrected chi connectivity index (χ3v) is 3.67. The van der Waals surface area contributed by atoms with E-state index in [1.807, 2.05) is 0 Å². The number of hydrogen-bond acceptors (Lipinski definition) is 1. The second-order valence-electron chi connectivity index (χ2n) is 7.21. The van der Waals surface area contributed by atoms with Gasteiger partial charge in [0.15, 0.2) is 0 Å². The van der Waals surface area contributed by atoms with Gasteiger partial charge >= 0.3 is 0 Å². The third kappa shape index (κ3) is 3.86. The molecule has 110 valence electrons. The summed E-state index contributed by atoms with van der Waals surface area (Å²) in [5.41, 5.74) is 3.14. The van der Waals surface area contributed by atoms with Crippen molar-refractivity contribution >= 4 is 10.9 Å². The molecule has 0 fully saturated rings. The van der Waals surface area contributed by atoms with E-state index in [1.54, 1.807) is 0 Å². The monoisotopic (exact) mass is 272 g/mol. The topological polar surface area (TPSA) is 17.0 Å². The number of para-hydroxylation sites is 1. The Balaban J connectivity index is 2.26. The predicted molar refractivity (Wildman–Crippen MR) is 88.0 cm³/mol. The SMILES string of the molecule is CC(C)NCc1cn(CCC(C)(C)C)c2ccccc12. The van der Waals surface area contributed by atoms with Crippen LogP contribution in [0.1, 0.15) is 46.6 Å². The number of aryl methyl sites for hydroxylation is 1. The molecule has 0 spiro atoms. The Morgan fingerprint density at radius 3 is 2.50 bits per heavy atom. The Morgan fingerprint density at radius 1 is 1.15 bits per heavy atom. The summed E-state index contributed by atoms with van der Waals surface area (Å²) in [5, 5.41) is 4.91. The van der Waals surface area contributed by atoms with Gasteiger partial charge in [-0.1, -0.05) is 52.8 Å². The van der Waals surface area contributed by atoms with Crippen LogP contribution in [0.15, 0.2) is 30.5 Å². The van der Waals surface area contributed by atoms with Crippen LogP contribution in [-0.2, 0) is 13.1 Å². The molecule has 0 radical (unpaired) electrons. The van der Waals surface area contributed by atoms with Crippen molar-refractivity contribution in [2.24, 2.45) is 5.41 Å². The van der Waals surface area contributed by atoms with Crippen molar-refractivity contribution in [3.63, 3.8) is 0 Å². The van der Waals surface area contributed by atoms with Gasteiger partial charge in [-0.15, -0.1) is 0 Å². The van der Waals surface area contributed by atoms with E-state index in [9.17, 15) is 0 Å². The van der Waals surface area contributed by atoms with Crippen molar-refractivity contribution < 1.29 is 0 Å². The van der Waals surface area contributed by atoms with E-state index < -0.39 is 0 Å². The molecule has 0 bridgehead atoms. The summed E-state index contributed by atoms with van der Waals surface area (Å²) < 4.78 is 2.41. The molecular formula is C18H28N2. The maximum Gasteiger partial charge on any atom is 0.0483 e. The van der Waals surface area contributed by atoms with E-state index in [0.29, 0.717) is 11.5 Å². The largest absolute Gasteiger partial charge is 0.347 e. The average Bonchev–Trinajstić information content (AvgIpc) is 2.71. The summed E-state index contributed by atoms with van der Waals surface area (Å²) in [4.78, 5) is 0. The van der Waals surface area contributed by atoms with Crippen LogP contribution in [0.2, 0.25) is 0 Å². The number of benzene rings is 1. The lowest BCUT2D eigenvalue weighted by molar-refractivity contribution is 0.353. The van der Waals surface area contributed by atoms with Crippen LogP contribution < -0.4 is 5.32 Å². The van der Waals surface area contributed by atoms with Gasteiger partial charge < -0.3 is 9.88 Å². The molecule has 2 nitrogen and oxygen atoms in total. The molecule has 1 heterocycles. The van der Waals surface area contributed by atoms with Gasteiger partial charge in [0.1, 0.15) is 0 Å². The minimum absolute atomic E-state index is 0.377. The van der Waals surface area contributed by atoms with E-state index in [2.05, 4.69) is 75.0 Å².